The van der Waals surface area contributed by atoms with E-state index in [0.29, 0.717) is 18.5 Å². The van der Waals surface area contributed by atoms with Crippen molar-refractivity contribution < 1.29 is 43.6 Å². The average Bonchev–Trinajstić information content (AvgIpc) is 3.30. The summed E-state index contributed by atoms with van der Waals surface area (Å²) in [5.41, 5.74) is 1.41. The Kier molecular flexibility index (Phi) is 11.5. The fourth-order valence-corrected chi connectivity index (χ4v) is 4.66. The summed E-state index contributed by atoms with van der Waals surface area (Å²) in [5.74, 6) is -1.24. The van der Waals surface area contributed by atoms with Crippen LogP contribution in [0.25, 0.3) is 0 Å². The molecule has 5 unspecified atom stereocenters. The zero-order valence-electron chi connectivity index (χ0n) is 24.0. The van der Waals surface area contributed by atoms with E-state index < -0.39 is 48.6 Å². The van der Waals surface area contributed by atoms with Crippen molar-refractivity contribution in [2.75, 3.05) is 18.5 Å². The summed E-state index contributed by atoms with van der Waals surface area (Å²) in [7, 11) is 0. The molecule has 0 bridgehead atoms. The van der Waals surface area contributed by atoms with Crippen molar-refractivity contribution >= 4 is 29.6 Å². The molecule has 234 valence electrons. The Morgan fingerprint density at radius 2 is 1.73 bits per heavy atom. The van der Waals surface area contributed by atoms with Gasteiger partial charge < -0.3 is 40.0 Å². The molecule has 5 atom stereocenters. The molecule has 5 N–H and O–H groups in total. The van der Waals surface area contributed by atoms with Gasteiger partial charge >= 0.3 is 12.1 Å². The molecule has 2 heterocycles. The maximum Gasteiger partial charge on any atom is 0.412 e. The van der Waals surface area contributed by atoms with Crippen molar-refractivity contribution in [2.45, 2.75) is 56.3 Å². The van der Waals surface area contributed by atoms with Gasteiger partial charge in [-0.05, 0) is 30.5 Å². The summed E-state index contributed by atoms with van der Waals surface area (Å²) in [6.45, 7) is 3.66. The van der Waals surface area contributed by atoms with E-state index in [9.17, 15) is 29.4 Å². The fraction of sp³-hybridized carbons (Fsp3) is 0.355. The molecule has 0 saturated carbocycles. The van der Waals surface area contributed by atoms with Crippen LogP contribution in [0.5, 0.6) is 0 Å². The smallest absolute Gasteiger partial charge is 0.412 e. The van der Waals surface area contributed by atoms with Crippen molar-refractivity contribution in [2.24, 2.45) is 0 Å². The quantitative estimate of drug-likeness (QED) is 0.167. The number of nitrogens with zero attached hydrogens (tertiary/aromatic N) is 1. The first-order valence-electron chi connectivity index (χ1n) is 14.2. The molecule has 2 aliphatic rings. The van der Waals surface area contributed by atoms with Gasteiger partial charge in [-0.1, -0.05) is 55.1 Å². The maximum atomic E-state index is 12.5. The van der Waals surface area contributed by atoms with Crippen LogP contribution < -0.4 is 16.0 Å². The van der Waals surface area contributed by atoms with E-state index in [1.807, 2.05) is 36.4 Å². The molecule has 13 nitrogen and oxygen atoms in total. The van der Waals surface area contributed by atoms with Gasteiger partial charge in [-0.3, -0.25) is 19.7 Å². The molecule has 0 radical (unpaired) electrons. The summed E-state index contributed by atoms with van der Waals surface area (Å²) in [6.07, 6.45) is -2.63. The highest BCUT2D eigenvalue weighted by molar-refractivity contribution is 5.89. The Morgan fingerprint density at radius 3 is 2.43 bits per heavy atom. The van der Waals surface area contributed by atoms with Crippen molar-refractivity contribution in [3.05, 3.63) is 90.9 Å². The van der Waals surface area contributed by atoms with Gasteiger partial charge in [-0.15, -0.1) is 0 Å². The minimum atomic E-state index is -1.33. The highest BCUT2D eigenvalue weighted by Gasteiger charge is 2.46. The molecule has 2 aliphatic heterocycles. The SMILES string of the molecule is C=C1NC(=O)C=CN1C1OC(CNC(=O)CCC(=O)OCCCC(OC(=O)Nc2ccccc2)c2ccccc2)C(O)C1O. The van der Waals surface area contributed by atoms with Gasteiger partial charge in [-0.25, -0.2) is 4.79 Å². The van der Waals surface area contributed by atoms with E-state index in [2.05, 4.69) is 22.5 Å². The Morgan fingerprint density at radius 1 is 1.02 bits per heavy atom. The molecule has 2 aromatic carbocycles. The van der Waals surface area contributed by atoms with Gasteiger partial charge in [-0.2, -0.15) is 0 Å². The number of aliphatic hydroxyl groups is 2. The van der Waals surface area contributed by atoms with Crippen molar-refractivity contribution in [3.63, 3.8) is 0 Å². The number of carbonyl (C=O) groups excluding carboxylic acids is 4. The number of aliphatic hydroxyl groups excluding tert-OH is 2. The minimum absolute atomic E-state index is 0.0749. The van der Waals surface area contributed by atoms with Gasteiger partial charge in [0, 0.05) is 30.9 Å². The average molecular weight is 609 g/mol. The number of rotatable bonds is 13. The lowest BCUT2D eigenvalue weighted by atomic mass is 10.1. The van der Waals surface area contributed by atoms with Gasteiger partial charge in [0.25, 0.3) is 5.91 Å². The lowest BCUT2D eigenvalue weighted by Crippen LogP contribution is -2.46. The van der Waals surface area contributed by atoms with Crippen molar-refractivity contribution in [1.29, 1.82) is 0 Å². The molecule has 1 fully saturated rings. The molecular weight excluding hydrogens is 572 g/mol. The number of hydrogen-bond donors (Lipinski definition) is 5. The summed E-state index contributed by atoms with van der Waals surface area (Å²) in [4.78, 5) is 49.8. The number of anilines is 1. The minimum Gasteiger partial charge on any atom is -0.466 e. The molecule has 0 spiro atoms. The second-order valence-corrected chi connectivity index (χ2v) is 10.2. The topological polar surface area (TPSA) is 176 Å². The number of nitrogens with one attached hydrogen (secondary N) is 3. The first kappa shape index (κ1) is 32.2. The number of amides is 3. The molecule has 1 saturated heterocycles. The third-order valence-electron chi connectivity index (χ3n) is 6.95. The number of esters is 1. The number of hydrogen-bond acceptors (Lipinski definition) is 10. The summed E-state index contributed by atoms with van der Waals surface area (Å²) in [5, 5.41) is 28.5. The van der Waals surface area contributed by atoms with Gasteiger partial charge in [0.05, 0.1) is 13.0 Å². The van der Waals surface area contributed by atoms with Crippen molar-refractivity contribution in [1.82, 2.24) is 15.5 Å². The number of ether oxygens (including phenoxy) is 3. The second-order valence-electron chi connectivity index (χ2n) is 10.2. The van der Waals surface area contributed by atoms with E-state index in [1.165, 1.54) is 17.2 Å². The Hall–Kier alpha value is -4.72. The predicted octanol–water partition coefficient (Wildman–Crippen LogP) is 2.06. The van der Waals surface area contributed by atoms with E-state index in [4.69, 9.17) is 14.2 Å². The van der Waals surface area contributed by atoms with Crippen LogP contribution in [0.3, 0.4) is 0 Å². The second kappa shape index (κ2) is 15.7. The largest absolute Gasteiger partial charge is 0.466 e. The lowest BCUT2D eigenvalue weighted by molar-refractivity contribution is -0.145. The maximum absolute atomic E-state index is 12.5. The molecular formula is C31H36N4O9. The molecule has 2 aromatic rings. The van der Waals surface area contributed by atoms with Gasteiger partial charge in [0.15, 0.2) is 6.23 Å². The van der Waals surface area contributed by atoms with Crippen LogP contribution in [0.15, 0.2) is 85.3 Å². The third kappa shape index (κ3) is 9.14. The fourth-order valence-electron chi connectivity index (χ4n) is 4.66. The monoisotopic (exact) mass is 608 g/mol. The Balaban J connectivity index is 1.15. The predicted molar refractivity (Wildman–Crippen MR) is 157 cm³/mol. The molecule has 44 heavy (non-hydrogen) atoms. The molecule has 3 amide bonds. The first-order chi connectivity index (χ1) is 21.2. The van der Waals surface area contributed by atoms with Crippen LogP contribution in [-0.4, -0.2) is 76.7 Å². The van der Waals surface area contributed by atoms with Gasteiger partial charge in [0.1, 0.15) is 30.2 Å². The lowest BCUT2D eigenvalue weighted by Gasteiger charge is -2.32. The first-order valence-corrected chi connectivity index (χ1v) is 14.2. The van der Waals surface area contributed by atoms with Crippen LogP contribution in [0.2, 0.25) is 0 Å². The number of para-hydroxylation sites is 1. The van der Waals surface area contributed by atoms with E-state index in [1.54, 1.807) is 24.3 Å². The van der Waals surface area contributed by atoms with Crippen LogP contribution in [0.1, 0.15) is 37.4 Å². The van der Waals surface area contributed by atoms with E-state index >= 15 is 0 Å². The normalized spacial score (nSPS) is 21.7. The Bertz CT molecular complexity index is 1340. The standard InChI is InChI=1S/C31H36N4O9/c1-20-33-26(37)16-17-35(20)30-29(40)28(39)24(43-30)19-32-25(36)14-15-27(38)42-18-8-13-23(21-9-4-2-5-10-21)44-31(41)34-22-11-6-3-7-12-22/h2-7,9-12,16-17,23-24,28-30,39-40H,1,8,13-15,18-19H2,(H,32,36)(H,33,37)(H,34,41). The molecule has 13 heteroatoms. The zero-order chi connectivity index (χ0) is 31.5. The number of benzene rings is 2. The highest BCUT2D eigenvalue weighted by Crippen LogP contribution is 2.27. The van der Waals surface area contributed by atoms with Crippen LogP contribution in [-0.2, 0) is 28.6 Å². The summed E-state index contributed by atoms with van der Waals surface area (Å²) >= 11 is 0. The molecule has 4 rings (SSSR count). The Labute approximate surface area is 254 Å². The van der Waals surface area contributed by atoms with Crippen LogP contribution in [0, 0.1) is 0 Å². The number of carbonyl (C=O) groups is 4. The van der Waals surface area contributed by atoms with E-state index in [-0.39, 0.29) is 37.7 Å². The van der Waals surface area contributed by atoms with Crippen molar-refractivity contribution in [3.8, 4) is 0 Å². The zero-order valence-corrected chi connectivity index (χ0v) is 24.0. The van der Waals surface area contributed by atoms with Crippen LogP contribution in [0.4, 0.5) is 10.5 Å². The molecule has 0 aliphatic carbocycles. The summed E-state index contributed by atoms with van der Waals surface area (Å²) in [6, 6.07) is 18.2. The van der Waals surface area contributed by atoms with E-state index in [0.717, 1.165) is 5.56 Å². The highest BCUT2D eigenvalue weighted by atomic mass is 16.6. The van der Waals surface area contributed by atoms with Gasteiger partial charge in [0.2, 0.25) is 5.91 Å². The summed E-state index contributed by atoms with van der Waals surface area (Å²) < 4.78 is 16.6. The molecule has 0 aromatic heterocycles. The van der Waals surface area contributed by atoms with Crippen LogP contribution >= 0.6 is 0 Å². The third-order valence-corrected chi connectivity index (χ3v) is 6.95.